The summed E-state index contributed by atoms with van der Waals surface area (Å²) in [7, 11) is 0. The van der Waals surface area contributed by atoms with E-state index in [1.54, 1.807) is 6.07 Å². The maximum absolute atomic E-state index is 13.0. The number of allylic oxidation sites excluding steroid dienone is 1. The number of aliphatic hydroxyl groups excluding tert-OH is 1. The number of benzene rings is 1. The van der Waals surface area contributed by atoms with Crippen LogP contribution in [0.2, 0.25) is 5.02 Å². The molecule has 2 rings (SSSR count). The third kappa shape index (κ3) is 3.08. The van der Waals surface area contributed by atoms with Crippen LogP contribution in [0, 0.1) is 5.82 Å². The summed E-state index contributed by atoms with van der Waals surface area (Å²) in [6.45, 7) is 0. The Morgan fingerprint density at radius 1 is 1.24 bits per heavy atom. The summed E-state index contributed by atoms with van der Waals surface area (Å²) >= 11 is 5.72. The maximum Gasteiger partial charge on any atom is 0.141 e. The summed E-state index contributed by atoms with van der Waals surface area (Å²) in [6, 6.07) is 4.41. The standard InChI is InChI=1S/C14H16ClFO/c15-12-9-11(7-8-13(12)16)14(17)10-5-3-1-2-4-6-10/h5,7-9,14,17H,1-4,6H2. The molecule has 1 aromatic rings. The van der Waals surface area contributed by atoms with Gasteiger partial charge in [-0.1, -0.05) is 30.2 Å². The van der Waals surface area contributed by atoms with Crippen molar-refractivity contribution >= 4 is 11.6 Å². The molecule has 1 aromatic carbocycles. The lowest BCUT2D eigenvalue weighted by atomic mass is 9.98. The number of halogens is 2. The minimum Gasteiger partial charge on any atom is -0.384 e. The molecule has 1 N–H and O–H groups in total. The second kappa shape index (κ2) is 5.65. The van der Waals surface area contributed by atoms with Crippen molar-refractivity contribution in [1.29, 1.82) is 0 Å². The molecule has 0 saturated carbocycles. The molecule has 0 saturated heterocycles. The molecular weight excluding hydrogens is 239 g/mol. The molecule has 92 valence electrons. The van der Waals surface area contributed by atoms with E-state index in [4.69, 9.17) is 11.6 Å². The Morgan fingerprint density at radius 2 is 2.06 bits per heavy atom. The van der Waals surface area contributed by atoms with Crippen molar-refractivity contribution in [3.8, 4) is 0 Å². The van der Waals surface area contributed by atoms with E-state index in [-0.39, 0.29) is 5.02 Å². The summed E-state index contributed by atoms with van der Waals surface area (Å²) in [4.78, 5) is 0. The predicted molar refractivity (Wildman–Crippen MR) is 67.5 cm³/mol. The van der Waals surface area contributed by atoms with Gasteiger partial charge in [-0.05, 0) is 49.0 Å². The number of rotatable bonds is 2. The van der Waals surface area contributed by atoms with Crippen LogP contribution in [-0.4, -0.2) is 5.11 Å². The summed E-state index contributed by atoms with van der Waals surface area (Å²) < 4.78 is 13.0. The van der Waals surface area contributed by atoms with Gasteiger partial charge < -0.3 is 5.11 Å². The lowest BCUT2D eigenvalue weighted by molar-refractivity contribution is 0.210. The molecular formula is C14H16ClFO. The fourth-order valence-corrected chi connectivity index (χ4v) is 2.37. The van der Waals surface area contributed by atoms with Crippen LogP contribution < -0.4 is 0 Å². The van der Waals surface area contributed by atoms with E-state index in [0.717, 1.165) is 24.8 Å². The SMILES string of the molecule is OC(C1=CCCCCC1)c1ccc(F)c(Cl)c1. The second-order valence-corrected chi connectivity index (χ2v) is 4.86. The lowest BCUT2D eigenvalue weighted by Crippen LogP contribution is -2.02. The first kappa shape index (κ1) is 12.6. The van der Waals surface area contributed by atoms with Gasteiger partial charge in [-0.15, -0.1) is 0 Å². The first-order valence-electron chi connectivity index (χ1n) is 6.00. The van der Waals surface area contributed by atoms with Gasteiger partial charge in [-0.2, -0.15) is 0 Å². The highest BCUT2D eigenvalue weighted by Crippen LogP contribution is 2.30. The third-order valence-electron chi connectivity index (χ3n) is 3.19. The largest absolute Gasteiger partial charge is 0.384 e. The van der Waals surface area contributed by atoms with Crippen LogP contribution in [-0.2, 0) is 0 Å². The van der Waals surface area contributed by atoms with Gasteiger partial charge in [0.15, 0.2) is 0 Å². The zero-order valence-corrected chi connectivity index (χ0v) is 10.4. The molecule has 0 spiro atoms. The lowest BCUT2D eigenvalue weighted by Gasteiger charge is -2.15. The van der Waals surface area contributed by atoms with Crippen molar-refractivity contribution in [2.75, 3.05) is 0 Å². The molecule has 17 heavy (non-hydrogen) atoms. The molecule has 0 aliphatic heterocycles. The first-order chi connectivity index (χ1) is 8.18. The van der Waals surface area contributed by atoms with E-state index >= 15 is 0 Å². The van der Waals surface area contributed by atoms with Crippen LogP contribution in [0.1, 0.15) is 43.8 Å². The van der Waals surface area contributed by atoms with E-state index in [2.05, 4.69) is 6.08 Å². The highest BCUT2D eigenvalue weighted by Gasteiger charge is 2.15. The summed E-state index contributed by atoms with van der Waals surface area (Å²) in [5, 5.41) is 10.3. The molecule has 0 heterocycles. The van der Waals surface area contributed by atoms with E-state index in [1.165, 1.54) is 25.0 Å². The molecule has 1 aliphatic carbocycles. The molecule has 3 heteroatoms. The van der Waals surface area contributed by atoms with Gasteiger partial charge in [0.1, 0.15) is 11.9 Å². The van der Waals surface area contributed by atoms with Gasteiger partial charge in [0.05, 0.1) is 5.02 Å². The zero-order valence-electron chi connectivity index (χ0n) is 9.63. The fourth-order valence-electron chi connectivity index (χ4n) is 2.18. The summed E-state index contributed by atoms with van der Waals surface area (Å²) in [5.41, 5.74) is 1.70. The smallest absolute Gasteiger partial charge is 0.141 e. The van der Waals surface area contributed by atoms with Crippen molar-refractivity contribution in [1.82, 2.24) is 0 Å². The minimum absolute atomic E-state index is 0.0655. The maximum atomic E-state index is 13.0. The Kier molecular flexibility index (Phi) is 4.19. The average molecular weight is 255 g/mol. The Labute approximate surface area is 106 Å². The van der Waals surface area contributed by atoms with Gasteiger partial charge in [0.2, 0.25) is 0 Å². The Hall–Kier alpha value is -0.860. The molecule has 1 atom stereocenters. The van der Waals surface area contributed by atoms with Crippen molar-refractivity contribution in [3.05, 3.63) is 46.3 Å². The highest BCUT2D eigenvalue weighted by molar-refractivity contribution is 6.30. The van der Waals surface area contributed by atoms with Crippen molar-refractivity contribution in [2.45, 2.75) is 38.2 Å². The summed E-state index contributed by atoms with van der Waals surface area (Å²) in [6.07, 6.45) is 6.88. The van der Waals surface area contributed by atoms with Gasteiger partial charge >= 0.3 is 0 Å². The van der Waals surface area contributed by atoms with Gasteiger partial charge in [0, 0.05) is 0 Å². The highest BCUT2D eigenvalue weighted by atomic mass is 35.5. The quantitative estimate of drug-likeness (QED) is 0.776. The number of aliphatic hydroxyl groups is 1. The molecule has 0 fully saturated rings. The van der Waals surface area contributed by atoms with Gasteiger partial charge in [-0.25, -0.2) is 4.39 Å². The van der Waals surface area contributed by atoms with Crippen LogP contribution >= 0.6 is 11.6 Å². The minimum atomic E-state index is -0.647. The van der Waals surface area contributed by atoms with Crippen LogP contribution in [0.25, 0.3) is 0 Å². The Morgan fingerprint density at radius 3 is 2.82 bits per heavy atom. The molecule has 0 amide bonds. The number of hydrogen-bond donors (Lipinski definition) is 1. The van der Waals surface area contributed by atoms with Crippen LogP contribution in [0.15, 0.2) is 29.8 Å². The van der Waals surface area contributed by atoms with Crippen molar-refractivity contribution < 1.29 is 9.50 Å². The summed E-state index contributed by atoms with van der Waals surface area (Å²) in [5.74, 6) is -0.447. The molecule has 1 unspecified atom stereocenters. The van der Waals surface area contributed by atoms with Crippen LogP contribution in [0.3, 0.4) is 0 Å². The monoisotopic (exact) mass is 254 g/mol. The van der Waals surface area contributed by atoms with E-state index in [1.807, 2.05) is 0 Å². The molecule has 0 bridgehead atoms. The van der Waals surface area contributed by atoms with Gasteiger partial charge in [-0.3, -0.25) is 0 Å². The van der Waals surface area contributed by atoms with Crippen molar-refractivity contribution in [2.24, 2.45) is 0 Å². The Bertz CT molecular complexity index is 428. The average Bonchev–Trinajstić information content (AvgIpc) is 2.60. The van der Waals surface area contributed by atoms with Crippen LogP contribution in [0.4, 0.5) is 4.39 Å². The predicted octanol–water partition coefficient (Wildman–Crippen LogP) is 4.40. The second-order valence-electron chi connectivity index (χ2n) is 4.45. The number of hydrogen-bond acceptors (Lipinski definition) is 1. The molecule has 0 aromatic heterocycles. The Balaban J connectivity index is 2.20. The van der Waals surface area contributed by atoms with E-state index in [9.17, 15) is 9.50 Å². The first-order valence-corrected chi connectivity index (χ1v) is 6.38. The zero-order chi connectivity index (χ0) is 12.3. The van der Waals surface area contributed by atoms with E-state index in [0.29, 0.717) is 5.56 Å². The van der Waals surface area contributed by atoms with Crippen LogP contribution in [0.5, 0.6) is 0 Å². The normalized spacial score (nSPS) is 18.4. The molecule has 1 nitrogen and oxygen atoms in total. The fraction of sp³-hybridized carbons (Fsp3) is 0.429. The van der Waals surface area contributed by atoms with E-state index < -0.39 is 11.9 Å². The van der Waals surface area contributed by atoms with Gasteiger partial charge in [0.25, 0.3) is 0 Å². The molecule has 0 radical (unpaired) electrons. The topological polar surface area (TPSA) is 20.2 Å². The third-order valence-corrected chi connectivity index (χ3v) is 3.48. The van der Waals surface area contributed by atoms with Crippen molar-refractivity contribution in [3.63, 3.8) is 0 Å². The molecule has 1 aliphatic rings.